The van der Waals surface area contributed by atoms with Crippen molar-refractivity contribution in [2.75, 3.05) is 37.6 Å². The highest BCUT2D eigenvalue weighted by molar-refractivity contribution is 9.10. The number of anilines is 1. The number of rotatable bonds is 8. The minimum atomic E-state index is 0.172. The average molecular weight is 445 g/mol. The van der Waals surface area contributed by atoms with Gasteiger partial charge in [0.2, 0.25) is 0 Å². The third-order valence-electron chi connectivity index (χ3n) is 4.99. The second-order valence-corrected chi connectivity index (χ2v) is 8.41. The Hall–Kier alpha value is -1.85. The molecule has 0 amide bonds. The molecule has 0 saturated carbocycles. The van der Waals surface area contributed by atoms with Gasteiger partial charge in [0.1, 0.15) is 5.75 Å². The number of ketones is 1. The van der Waals surface area contributed by atoms with Crippen LogP contribution in [0.1, 0.15) is 37.0 Å². The van der Waals surface area contributed by atoms with Crippen LogP contribution >= 0.6 is 15.9 Å². The number of nitrogens with zero attached hydrogens (tertiary/aromatic N) is 2. The molecular weight excluding hydrogens is 416 g/mol. The molecule has 1 aliphatic heterocycles. The first-order valence-corrected chi connectivity index (χ1v) is 10.8. The fourth-order valence-electron chi connectivity index (χ4n) is 3.53. The van der Waals surface area contributed by atoms with Crippen molar-refractivity contribution >= 4 is 27.4 Å². The fourth-order valence-corrected chi connectivity index (χ4v) is 3.79. The number of Topliss-reactive ketones (excluding diaryl/α,β-unsaturated/α-hetero) is 1. The number of piperazine rings is 1. The van der Waals surface area contributed by atoms with Gasteiger partial charge < -0.3 is 9.64 Å². The number of benzene rings is 2. The summed E-state index contributed by atoms with van der Waals surface area (Å²) in [6.45, 7) is 9.10. The van der Waals surface area contributed by atoms with Gasteiger partial charge in [-0.1, -0.05) is 40.2 Å². The summed E-state index contributed by atoms with van der Waals surface area (Å²) in [6, 6.07) is 15.9. The standard InChI is InChI=1S/C23H29BrN2O2/c1-18(2)28-23-8-4-3-6-21(23)26-16-14-25(15-17-26)13-5-7-22(27)19-9-11-20(24)12-10-19/h3-4,6,8-12,18H,5,7,13-17H2,1-2H3. The maximum absolute atomic E-state index is 12.3. The highest BCUT2D eigenvalue weighted by Gasteiger charge is 2.20. The molecule has 28 heavy (non-hydrogen) atoms. The number of hydrogen-bond acceptors (Lipinski definition) is 4. The topological polar surface area (TPSA) is 32.8 Å². The first-order valence-electron chi connectivity index (χ1n) is 10.0. The van der Waals surface area contributed by atoms with Gasteiger partial charge in [0.15, 0.2) is 5.78 Å². The van der Waals surface area contributed by atoms with Crippen molar-refractivity contribution in [2.45, 2.75) is 32.8 Å². The Balaban J connectivity index is 1.45. The predicted molar refractivity (Wildman–Crippen MR) is 119 cm³/mol. The maximum Gasteiger partial charge on any atom is 0.162 e. The van der Waals surface area contributed by atoms with Gasteiger partial charge in [0.05, 0.1) is 11.8 Å². The molecular formula is C23H29BrN2O2. The van der Waals surface area contributed by atoms with Gasteiger partial charge in [0.25, 0.3) is 0 Å². The van der Waals surface area contributed by atoms with E-state index < -0.39 is 0 Å². The summed E-state index contributed by atoms with van der Waals surface area (Å²) in [5.74, 6) is 1.19. The molecule has 0 bridgehead atoms. The summed E-state index contributed by atoms with van der Waals surface area (Å²) in [5, 5.41) is 0. The van der Waals surface area contributed by atoms with Gasteiger partial charge in [0, 0.05) is 42.6 Å². The Kier molecular flexibility index (Phi) is 7.51. The van der Waals surface area contributed by atoms with Crippen molar-refractivity contribution in [1.82, 2.24) is 4.90 Å². The quantitative estimate of drug-likeness (QED) is 0.534. The number of carbonyl (C=O) groups excluding carboxylic acids is 1. The second kappa shape index (κ2) is 10.1. The highest BCUT2D eigenvalue weighted by atomic mass is 79.9. The van der Waals surface area contributed by atoms with E-state index in [0.29, 0.717) is 6.42 Å². The first-order chi connectivity index (χ1) is 13.5. The largest absolute Gasteiger partial charge is 0.489 e. The Morgan fingerprint density at radius 1 is 1.04 bits per heavy atom. The van der Waals surface area contributed by atoms with Crippen LogP contribution in [0.3, 0.4) is 0 Å². The van der Waals surface area contributed by atoms with Gasteiger partial charge in [-0.3, -0.25) is 9.69 Å². The average Bonchev–Trinajstić information content (AvgIpc) is 2.69. The van der Waals surface area contributed by atoms with Crippen molar-refractivity contribution in [2.24, 2.45) is 0 Å². The van der Waals surface area contributed by atoms with E-state index in [2.05, 4.69) is 57.8 Å². The van der Waals surface area contributed by atoms with Crippen molar-refractivity contribution in [1.29, 1.82) is 0 Å². The molecule has 2 aromatic carbocycles. The van der Waals surface area contributed by atoms with Crippen LogP contribution in [0.4, 0.5) is 5.69 Å². The summed E-state index contributed by atoms with van der Waals surface area (Å²) >= 11 is 3.41. The zero-order chi connectivity index (χ0) is 19.9. The number of halogens is 1. The monoisotopic (exact) mass is 444 g/mol. The lowest BCUT2D eigenvalue weighted by molar-refractivity contribution is 0.0974. The lowest BCUT2D eigenvalue weighted by Crippen LogP contribution is -2.46. The molecule has 0 aromatic heterocycles. The normalized spacial score (nSPS) is 15.1. The van der Waals surface area contributed by atoms with Crippen LogP contribution in [0, 0.1) is 0 Å². The third-order valence-corrected chi connectivity index (χ3v) is 5.51. The molecule has 0 atom stereocenters. The number of ether oxygens (including phenoxy) is 1. The van der Waals surface area contributed by atoms with Gasteiger partial charge >= 0.3 is 0 Å². The van der Waals surface area contributed by atoms with E-state index in [1.54, 1.807) is 0 Å². The maximum atomic E-state index is 12.3. The Morgan fingerprint density at radius 2 is 1.71 bits per heavy atom. The second-order valence-electron chi connectivity index (χ2n) is 7.50. The molecule has 5 heteroatoms. The van der Waals surface area contributed by atoms with Crippen LogP contribution in [0.25, 0.3) is 0 Å². The Morgan fingerprint density at radius 3 is 2.39 bits per heavy atom. The van der Waals surface area contributed by atoms with Crippen LogP contribution in [0.15, 0.2) is 53.0 Å². The molecule has 150 valence electrons. The SMILES string of the molecule is CC(C)Oc1ccccc1N1CCN(CCCC(=O)c2ccc(Br)cc2)CC1. The molecule has 0 N–H and O–H groups in total. The van der Waals surface area contributed by atoms with E-state index in [-0.39, 0.29) is 11.9 Å². The summed E-state index contributed by atoms with van der Waals surface area (Å²) in [5.41, 5.74) is 1.98. The van der Waals surface area contributed by atoms with E-state index in [4.69, 9.17) is 4.74 Å². The van der Waals surface area contributed by atoms with Crippen molar-refractivity contribution in [3.8, 4) is 5.75 Å². The minimum Gasteiger partial charge on any atom is -0.489 e. The third kappa shape index (κ3) is 5.82. The van der Waals surface area contributed by atoms with E-state index in [0.717, 1.165) is 54.9 Å². The molecule has 0 unspecified atom stereocenters. The Bertz CT molecular complexity index is 768. The van der Waals surface area contributed by atoms with E-state index in [9.17, 15) is 4.79 Å². The van der Waals surface area contributed by atoms with Gasteiger partial charge in [-0.15, -0.1) is 0 Å². The van der Waals surface area contributed by atoms with Gasteiger partial charge in [-0.2, -0.15) is 0 Å². The summed E-state index contributed by atoms with van der Waals surface area (Å²) < 4.78 is 6.97. The zero-order valence-electron chi connectivity index (χ0n) is 16.7. The smallest absolute Gasteiger partial charge is 0.162 e. The summed E-state index contributed by atoms with van der Waals surface area (Å²) in [6.07, 6.45) is 1.68. The van der Waals surface area contributed by atoms with Crippen LogP contribution in [-0.4, -0.2) is 49.5 Å². The van der Waals surface area contributed by atoms with Gasteiger partial charge in [-0.25, -0.2) is 0 Å². The fraction of sp³-hybridized carbons (Fsp3) is 0.435. The zero-order valence-corrected chi connectivity index (χ0v) is 18.3. The molecule has 1 saturated heterocycles. The Labute approximate surface area is 176 Å². The molecule has 0 radical (unpaired) electrons. The van der Waals surface area contributed by atoms with Crippen molar-refractivity contribution < 1.29 is 9.53 Å². The van der Waals surface area contributed by atoms with Crippen LogP contribution in [0.2, 0.25) is 0 Å². The minimum absolute atomic E-state index is 0.172. The predicted octanol–water partition coefficient (Wildman–Crippen LogP) is 5.02. The molecule has 3 rings (SSSR count). The summed E-state index contributed by atoms with van der Waals surface area (Å²) in [4.78, 5) is 17.2. The molecule has 2 aromatic rings. The number of hydrogen-bond donors (Lipinski definition) is 0. The molecule has 0 aliphatic carbocycles. The summed E-state index contributed by atoms with van der Waals surface area (Å²) in [7, 11) is 0. The van der Waals surface area contributed by atoms with Crippen LogP contribution in [0.5, 0.6) is 5.75 Å². The van der Waals surface area contributed by atoms with E-state index in [1.807, 2.05) is 30.3 Å². The van der Waals surface area contributed by atoms with Gasteiger partial charge in [-0.05, 0) is 51.1 Å². The lowest BCUT2D eigenvalue weighted by Gasteiger charge is -2.36. The lowest BCUT2D eigenvalue weighted by atomic mass is 10.1. The van der Waals surface area contributed by atoms with Crippen LogP contribution in [-0.2, 0) is 0 Å². The van der Waals surface area contributed by atoms with Crippen molar-refractivity contribution in [3.05, 3.63) is 58.6 Å². The first kappa shape index (κ1) is 20.9. The highest BCUT2D eigenvalue weighted by Crippen LogP contribution is 2.29. The number of carbonyl (C=O) groups is 1. The van der Waals surface area contributed by atoms with Crippen molar-refractivity contribution in [3.63, 3.8) is 0 Å². The number of para-hydroxylation sites is 2. The van der Waals surface area contributed by atoms with E-state index >= 15 is 0 Å². The van der Waals surface area contributed by atoms with E-state index in [1.165, 1.54) is 5.69 Å². The molecule has 0 spiro atoms. The molecule has 1 fully saturated rings. The van der Waals surface area contributed by atoms with Crippen LogP contribution < -0.4 is 9.64 Å². The molecule has 1 heterocycles. The molecule has 1 aliphatic rings. The molecule has 4 nitrogen and oxygen atoms in total.